The van der Waals surface area contributed by atoms with Crippen LogP contribution < -0.4 is 10.6 Å². The van der Waals surface area contributed by atoms with Gasteiger partial charge in [0.15, 0.2) is 5.82 Å². The van der Waals surface area contributed by atoms with Crippen LogP contribution in [0.1, 0.15) is 63.8 Å². The number of nitrogens with one attached hydrogen (secondary N) is 3. The number of imidazole rings is 1. The van der Waals surface area contributed by atoms with Crippen LogP contribution in [0.25, 0.3) is 0 Å². The molecule has 0 aliphatic carbocycles. The molecule has 1 aliphatic rings. The summed E-state index contributed by atoms with van der Waals surface area (Å²) >= 11 is 5.91. The number of imide groups is 1. The Kier molecular flexibility index (Phi) is 6.87. The van der Waals surface area contributed by atoms with E-state index in [-0.39, 0.29) is 35.2 Å². The summed E-state index contributed by atoms with van der Waals surface area (Å²) in [6, 6.07) is 6.76. The Morgan fingerprint density at radius 2 is 1.79 bits per heavy atom. The van der Waals surface area contributed by atoms with E-state index in [2.05, 4.69) is 27.5 Å². The van der Waals surface area contributed by atoms with Crippen molar-refractivity contribution in [2.24, 2.45) is 0 Å². The number of H-pyrrole nitrogens is 1. The predicted molar refractivity (Wildman–Crippen MR) is 110 cm³/mol. The standard InChI is InChI=1S/C20H24ClN5O3/c1-2-3-6-10-22-16-15(24-20(21)25-16)17(27)23-11-7-12-26-18(28)13-8-4-5-9-14(13)19(26)29/h4-5,8-9,22H,2-3,6-7,10-12H2,1H3,(H,23,27)(H,24,25). The fourth-order valence-electron chi connectivity index (χ4n) is 3.19. The topological polar surface area (TPSA) is 107 Å². The molecule has 1 aromatic heterocycles. The van der Waals surface area contributed by atoms with Gasteiger partial charge in [0.05, 0.1) is 11.1 Å². The number of anilines is 1. The largest absolute Gasteiger partial charge is 0.368 e. The van der Waals surface area contributed by atoms with Gasteiger partial charge >= 0.3 is 0 Å². The van der Waals surface area contributed by atoms with Crippen LogP contribution in [0.2, 0.25) is 5.28 Å². The van der Waals surface area contributed by atoms with Gasteiger partial charge in [0.25, 0.3) is 17.7 Å². The average molecular weight is 418 g/mol. The maximum atomic E-state index is 12.4. The number of hydrogen-bond donors (Lipinski definition) is 3. The number of rotatable bonds is 10. The average Bonchev–Trinajstić information content (AvgIpc) is 3.21. The highest BCUT2D eigenvalue weighted by Crippen LogP contribution is 2.22. The summed E-state index contributed by atoms with van der Waals surface area (Å²) in [6.45, 7) is 3.36. The molecular formula is C20H24ClN5O3. The highest BCUT2D eigenvalue weighted by atomic mass is 35.5. The molecule has 3 N–H and O–H groups in total. The summed E-state index contributed by atoms with van der Waals surface area (Å²) in [7, 11) is 0. The fraction of sp³-hybridized carbons (Fsp3) is 0.400. The lowest BCUT2D eigenvalue weighted by Gasteiger charge is -2.14. The molecule has 0 unspecified atom stereocenters. The van der Waals surface area contributed by atoms with Crippen molar-refractivity contribution >= 4 is 35.1 Å². The Hall–Kier alpha value is -2.87. The third-order valence-corrected chi connectivity index (χ3v) is 4.88. The zero-order valence-corrected chi connectivity index (χ0v) is 17.0. The molecule has 0 spiro atoms. The van der Waals surface area contributed by atoms with Crippen molar-refractivity contribution in [3.05, 3.63) is 46.4 Å². The van der Waals surface area contributed by atoms with Crippen LogP contribution >= 0.6 is 11.6 Å². The van der Waals surface area contributed by atoms with E-state index in [0.29, 0.717) is 36.5 Å². The molecule has 2 aromatic rings. The molecule has 0 bridgehead atoms. The first kappa shape index (κ1) is 20.9. The normalized spacial score (nSPS) is 13.0. The number of halogens is 1. The number of amides is 3. The van der Waals surface area contributed by atoms with Crippen molar-refractivity contribution in [3.63, 3.8) is 0 Å². The number of aromatic nitrogens is 2. The van der Waals surface area contributed by atoms with Gasteiger partial charge in [-0.25, -0.2) is 4.98 Å². The number of fused-ring (bicyclic) bond motifs is 1. The lowest BCUT2D eigenvalue weighted by atomic mass is 10.1. The van der Waals surface area contributed by atoms with E-state index < -0.39 is 0 Å². The first-order valence-corrected chi connectivity index (χ1v) is 10.1. The second-order valence-electron chi connectivity index (χ2n) is 6.80. The lowest BCUT2D eigenvalue weighted by Crippen LogP contribution is -2.33. The molecular weight excluding hydrogens is 394 g/mol. The van der Waals surface area contributed by atoms with Crippen molar-refractivity contribution in [2.75, 3.05) is 25.0 Å². The molecule has 0 atom stereocenters. The summed E-state index contributed by atoms with van der Waals surface area (Å²) < 4.78 is 0. The van der Waals surface area contributed by atoms with E-state index in [4.69, 9.17) is 11.6 Å². The van der Waals surface area contributed by atoms with Crippen molar-refractivity contribution < 1.29 is 14.4 Å². The van der Waals surface area contributed by atoms with E-state index in [0.717, 1.165) is 19.3 Å². The Bertz CT molecular complexity index is 876. The molecule has 154 valence electrons. The predicted octanol–water partition coefficient (Wildman–Crippen LogP) is 3.08. The summed E-state index contributed by atoms with van der Waals surface area (Å²) in [5, 5.41) is 6.03. The number of aromatic amines is 1. The number of carbonyl (C=O) groups is 3. The van der Waals surface area contributed by atoms with Gasteiger partial charge in [0, 0.05) is 19.6 Å². The Balaban J connectivity index is 1.49. The minimum atomic E-state index is -0.343. The minimum absolute atomic E-state index is 0.138. The smallest absolute Gasteiger partial charge is 0.271 e. The van der Waals surface area contributed by atoms with E-state index in [1.54, 1.807) is 24.3 Å². The SMILES string of the molecule is CCCCCNc1nc(Cl)[nH]c1C(=O)NCCCN1C(=O)c2ccccc2C1=O. The molecule has 9 heteroatoms. The van der Waals surface area contributed by atoms with Crippen LogP contribution in [-0.2, 0) is 0 Å². The molecule has 3 rings (SSSR count). The van der Waals surface area contributed by atoms with Gasteiger partial charge in [-0.3, -0.25) is 19.3 Å². The Labute approximate surface area is 174 Å². The van der Waals surface area contributed by atoms with Crippen LogP contribution in [0.3, 0.4) is 0 Å². The second kappa shape index (κ2) is 9.56. The van der Waals surface area contributed by atoms with Gasteiger partial charge in [-0.1, -0.05) is 31.9 Å². The van der Waals surface area contributed by atoms with Gasteiger partial charge in [-0.2, -0.15) is 0 Å². The first-order valence-electron chi connectivity index (χ1n) is 9.75. The van der Waals surface area contributed by atoms with Gasteiger partial charge in [-0.05, 0) is 36.6 Å². The molecule has 0 saturated carbocycles. The summed E-state index contributed by atoms with van der Waals surface area (Å²) in [6.07, 6.45) is 3.61. The van der Waals surface area contributed by atoms with Gasteiger partial charge < -0.3 is 15.6 Å². The van der Waals surface area contributed by atoms with Crippen molar-refractivity contribution in [1.82, 2.24) is 20.2 Å². The molecule has 0 saturated heterocycles. The van der Waals surface area contributed by atoms with E-state index in [9.17, 15) is 14.4 Å². The minimum Gasteiger partial charge on any atom is -0.368 e. The van der Waals surface area contributed by atoms with Crippen LogP contribution in [0.15, 0.2) is 24.3 Å². The van der Waals surface area contributed by atoms with E-state index >= 15 is 0 Å². The van der Waals surface area contributed by atoms with Crippen molar-refractivity contribution in [1.29, 1.82) is 0 Å². The van der Waals surface area contributed by atoms with E-state index in [1.165, 1.54) is 4.90 Å². The summed E-state index contributed by atoms with van der Waals surface area (Å²) in [5.41, 5.74) is 1.12. The zero-order valence-electron chi connectivity index (χ0n) is 16.3. The van der Waals surface area contributed by atoms with Crippen LogP contribution in [-0.4, -0.2) is 52.2 Å². The number of unbranched alkanes of at least 4 members (excludes halogenated alkanes) is 2. The molecule has 29 heavy (non-hydrogen) atoms. The fourth-order valence-corrected chi connectivity index (χ4v) is 3.37. The first-order chi connectivity index (χ1) is 14.0. The number of nitrogens with zero attached hydrogens (tertiary/aromatic N) is 2. The highest BCUT2D eigenvalue weighted by Gasteiger charge is 2.34. The molecule has 0 fully saturated rings. The summed E-state index contributed by atoms with van der Waals surface area (Å²) in [5.74, 6) is -0.514. The van der Waals surface area contributed by atoms with Gasteiger partial charge in [0.1, 0.15) is 5.69 Å². The molecule has 0 radical (unpaired) electrons. The Morgan fingerprint density at radius 3 is 2.45 bits per heavy atom. The maximum absolute atomic E-state index is 12.4. The van der Waals surface area contributed by atoms with Gasteiger partial charge in [-0.15, -0.1) is 0 Å². The third kappa shape index (κ3) is 4.76. The summed E-state index contributed by atoms with van der Waals surface area (Å²) in [4.78, 5) is 45.2. The zero-order chi connectivity index (χ0) is 20.8. The van der Waals surface area contributed by atoms with Crippen molar-refractivity contribution in [2.45, 2.75) is 32.6 Å². The van der Waals surface area contributed by atoms with Crippen LogP contribution in [0, 0.1) is 0 Å². The van der Waals surface area contributed by atoms with Crippen LogP contribution in [0.5, 0.6) is 0 Å². The molecule has 8 nitrogen and oxygen atoms in total. The molecule has 1 aromatic carbocycles. The maximum Gasteiger partial charge on any atom is 0.271 e. The number of carbonyl (C=O) groups excluding carboxylic acids is 3. The quantitative estimate of drug-likeness (QED) is 0.406. The lowest BCUT2D eigenvalue weighted by molar-refractivity contribution is 0.0653. The number of hydrogen-bond acceptors (Lipinski definition) is 5. The van der Waals surface area contributed by atoms with E-state index in [1.807, 2.05) is 0 Å². The number of benzene rings is 1. The second-order valence-corrected chi connectivity index (χ2v) is 7.16. The monoisotopic (exact) mass is 417 g/mol. The third-order valence-electron chi connectivity index (χ3n) is 4.70. The van der Waals surface area contributed by atoms with Crippen molar-refractivity contribution in [3.8, 4) is 0 Å². The van der Waals surface area contributed by atoms with Gasteiger partial charge in [0.2, 0.25) is 5.28 Å². The highest BCUT2D eigenvalue weighted by molar-refractivity contribution is 6.28. The molecule has 3 amide bonds. The Morgan fingerprint density at radius 1 is 1.10 bits per heavy atom. The van der Waals surface area contributed by atoms with Crippen LogP contribution in [0.4, 0.5) is 5.82 Å². The molecule has 2 heterocycles. The molecule has 1 aliphatic heterocycles.